The Balaban J connectivity index is 1.57. The van der Waals surface area contributed by atoms with E-state index in [4.69, 9.17) is 9.26 Å². The Labute approximate surface area is 147 Å². The fourth-order valence-corrected chi connectivity index (χ4v) is 3.13. The standard InChI is InChI=1S/C18H24N4O3/c1-24-9-7-20-18(23)17-10-16(21-25-17)15-5-3-8-22(13-15)12-14-4-2-6-19-11-14/h2,4,6,10-11,15H,3,5,7-9,12-13H2,1H3,(H,20,23). The van der Waals surface area contributed by atoms with Crippen molar-refractivity contribution < 1.29 is 14.1 Å². The van der Waals surface area contributed by atoms with Gasteiger partial charge in [-0.3, -0.25) is 14.7 Å². The Morgan fingerprint density at radius 2 is 2.44 bits per heavy atom. The lowest BCUT2D eigenvalue weighted by Gasteiger charge is -2.31. The Hall–Kier alpha value is -2.25. The van der Waals surface area contributed by atoms with Crippen LogP contribution in [0.1, 0.15) is 40.6 Å². The molecule has 0 radical (unpaired) electrons. The molecule has 1 fully saturated rings. The number of pyridine rings is 1. The number of hydrogen-bond donors (Lipinski definition) is 1. The van der Waals surface area contributed by atoms with Crippen LogP contribution in [0.2, 0.25) is 0 Å². The highest BCUT2D eigenvalue weighted by molar-refractivity contribution is 5.91. The number of ether oxygens (including phenoxy) is 1. The fraction of sp³-hybridized carbons (Fsp3) is 0.500. The molecule has 3 rings (SSSR count). The van der Waals surface area contributed by atoms with E-state index in [1.165, 1.54) is 5.56 Å². The quantitative estimate of drug-likeness (QED) is 0.772. The molecule has 2 aromatic heterocycles. The molecule has 134 valence electrons. The van der Waals surface area contributed by atoms with Crippen LogP contribution in [0.3, 0.4) is 0 Å². The summed E-state index contributed by atoms with van der Waals surface area (Å²) in [6.45, 7) is 3.78. The van der Waals surface area contributed by atoms with Gasteiger partial charge in [-0.15, -0.1) is 0 Å². The molecule has 0 saturated carbocycles. The number of amides is 1. The molecule has 1 aliphatic rings. The Bertz CT molecular complexity index is 674. The van der Waals surface area contributed by atoms with Crippen LogP contribution in [0.5, 0.6) is 0 Å². The third-order valence-corrected chi connectivity index (χ3v) is 4.40. The molecule has 0 aliphatic carbocycles. The fourth-order valence-electron chi connectivity index (χ4n) is 3.13. The zero-order chi connectivity index (χ0) is 17.5. The van der Waals surface area contributed by atoms with Gasteiger partial charge in [0.05, 0.1) is 12.3 Å². The van der Waals surface area contributed by atoms with E-state index >= 15 is 0 Å². The Kier molecular flexibility index (Phi) is 6.14. The largest absolute Gasteiger partial charge is 0.383 e. The van der Waals surface area contributed by atoms with Gasteiger partial charge in [-0.2, -0.15) is 0 Å². The van der Waals surface area contributed by atoms with E-state index in [-0.39, 0.29) is 17.6 Å². The molecular formula is C18H24N4O3. The predicted octanol–water partition coefficient (Wildman–Crippen LogP) is 1.83. The van der Waals surface area contributed by atoms with Crippen molar-refractivity contribution in [3.63, 3.8) is 0 Å². The average molecular weight is 344 g/mol. The first kappa shape index (κ1) is 17.6. The van der Waals surface area contributed by atoms with E-state index in [2.05, 4.69) is 26.4 Å². The van der Waals surface area contributed by atoms with Crippen LogP contribution in [0.25, 0.3) is 0 Å². The smallest absolute Gasteiger partial charge is 0.289 e. The molecule has 0 aromatic carbocycles. The number of aromatic nitrogens is 2. The molecular weight excluding hydrogens is 320 g/mol. The summed E-state index contributed by atoms with van der Waals surface area (Å²) in [6, 6.07) is 5.82. The second-order valence-corrected chi connectivity index (χ2v) is 6.30. The van der Waals surface area contributed by atoms with E-state index in [1.54, 1.807) is 19.4 Å². The first-order valence-electron chi connectivity index (χ1n) is 8.61. The van der Waals surface area contributed by atoms with Crippen molar-refractivity contribution in [3.8, 4) is 0 Å². The summed E-state index contributed by atoms with van der Waals surface area (Å²) in [5, 5.41) is 6.87. The maximum absolute atomic E-state index is 12.0. The SMILES string of the molecule is COCCNC(=O)c1cc(C2CCCN(Cc3cccnc3)C2)no1. The first-order chi connectivity index (χ1) is 12.3. The van der Waals surface area contributed by atoms with Crippen LogP contribution in [0, 0.1) is 0 Å². The van der Waals surface area contributed by atoms with Gasteiger partial charge in [0.25, 0.3) is 5.91 Å². The molecule has 25 heavy (non-hydrogen) atoms. The van der Waals surface area contributed by atoms with Gasteiger partial charge in [-0.05, 0) is 31.0 Å². The lowest BCUT2D eigenvalue weighted by Crippen LogP contribution is -2.34. The van der Waals surface area contributed by atoms with Crippen LogP contribution >= 0.6 is 0 Å². The zero-order valence-corrected chi connectivity index (χ0v) is 14.5. The highest BCUT2D eigenvalue weighted by Gasteiger charge is 2.25. The second-order valence-electron chi connectivity index (χ2n) is 6.30. The normalized spacial score (nSPS) is 18.2. The van der Waals surface area contributed by atoms with Crippen molar-refractivity contribution in [3.05, 3.63) is 47.6 Å². The Morgan fingerprint density at radius 3 is 3.24 bits per heavy atom. The van der Waals surface area contributed by atoms with Crippen LogP contribution in [-0.2, 0) is 11.3 Å². The summed E-state index contributed by atoms with van der Waals surface area (Å²) >= 11 is 0. The highest BCUT2D eigenvalue weighted by Crippen LogP contribution is 2.27. The predicted molar refractivity (Wildman–Crippen MR) is 92.2 cm³/mol. The molecule has 1 unspecified atom stereocenters. The van der Waals surface area contributed by atoms with Gasteiger partial charge in [0.2, 0.25) is 5.76 Å². The molecule has 3 heterocycles. The average Bonchev–Trinajstić information content (AvgIpc) is 3.13. The van der Waals surface area contributed by atoms with Crippen molar-refractivity contribution in [2.45, 2.75) is 25.3 Å². The van der Waals surface area contributed by atoms with Crippen molar-refractivity contribution in [2.75, 3.05) is 33.4 Å². The number of piperidine rings is 1. The lowest BCUT2D eigenvalue weighted by molar-refractivity contribution is 0.0900. The molecule has 7 heteroatoms. The summed E-state index contributed by atoms with van der Waals surface area (Å²) in [6.07, 6.45) is 5.85. The van der Waals surface area contributed by atoms with Crippen molar-refractivity contribution >= 4 is 5.91 Å². The van der Waals surface area contributed by atoms with Gasteiger partial charge < -0.3 is 14.6 Å². The van der Waals surface area contributed by atoms with Gasteiger partial charge >= 0.3 is 0 Å². The number of methoxy groups -OCH3 is 1. The van der Waals surface area contributed by atoms with Gasteiger partial charge in [0.1, 0.15) is 0 Å². The first-order valence-corrected chi connectivity index (χ1v) is 8.61. The maximum atomic E-state index is 12.0. The van der Waals surface area contributed by atoms with E-state index < -0.39 is 0 Å². The summed E-state index contributed by atoms with van der Waals surface area (Å²) in [7, 11) is 1.60. The molecule has 0 bridgehead atoms. The lowest BCUT2D eigenvalue weighted by atomic mass is 9.94. The molecule has 1 atom stereocenters. The van der Waals surface area contributed by atoms with Crippen LogP contribution in [-0.4, -0.2) is 54.3 Å². The minimum Gasteiger partial charge on any atom is -0.383 e. The number of hydrogen-bond acceptors (Lipinski definition) is 6. The Morgan fingerprint density at radius 1 is 1.52 bits per heavy atom. The topological polar surface area (TPSA) is 80.5 Å². The summed E-state index contributed by atoms with van der Waals surface area (Å²) in [4.78, 5) is 18.6. The van der Waals surface area contributed by atoms with Gasteiger partial charge in [-0.1, -0.05) is 11.2 Å². The third-order valence-electron chi connectivity index (χ3n) is 4.40. The number of likely N-dealkylation sites (tertiary alicyclic amines) is 1. The van der Waals surface area contributed by atoms with E-state index in [0.717, 1.165) is 38.2 Å². The number of nitrogens with zero attached hydrogens (tertiary/aromatic N) is 3. The monoisotopic (exact) mass is 344 g/mol. The zero-order valence-electron chi connectivity index (χ0n) is 14.5. The van der Waals surface area contributed by atoms with Crippen LogP contribution in [0.15, 0.2) is 35.1 Å². The molecule has 1 amide bonds. The second kappa shape index (κ2) is 8.73. The van der Waals surface area contributed by atoms with E-state index in [9.17, 15) is 4.79 Å². The van der Waals surface area contributed by atoms with Crippen molar-refractivity contribution in [1.29, 1.82) is 0 Å². The molecule has 0 spiro atoms. The summed E-state index contributed by atoms with van der Waals surface area (Å²) in [5.41, 5.74) is 2.06. The number of carbonyl (C=O) groups excluding carboxylic acids is 1. The molecule has 1 aliphatic heterocycles. The minimum absolute atomic E-state index is 0.251. The third kappa shape index (κ3) is 4.87. The highest BCUT2D eigenvalue weighted by atomic mass is 16.5. The van der Waals surface area contributed by atoms with Gasteiger partial charge in [0, 0.05) is 51.1 Å². The van der Waals surface area contributed by atoms with Crippen LogP contribution in [0.4, 0.5) is 0 Å². The number of nitrogens with one attached hydrogen (secondary N) is 1. The minimum atomic E-state index is -0.251. The number of rotatable bonds is 7. The summed E-state index contributed by atoms with van der Waals surface area (Å²) in [5.74, 6) is 0.295. The molecule has 2 aromatic rings. The van der Waals surface area contributed by atoms with Crippen molar-refractivity contribution in [2.24, 2.45) is 0 Å². The van der Waals surface area contributed by atoms with Gasteiger partial charge in [-0.25, -0.2) is 0 Å². The molecule has 1 saturated heterocycles. The maximum Gasteiger partial charge on any atom is 0.289 e. The summed E-state index contributed by atoms with van der Waals surface area (Å²) < 4.78 is 10.2. The van der Waals surface area contributed by atoms with E-state index in [0.29, 0.717) is 13.2 Å². The molecule has 1 N–H and O–H groups in total. The van der Waals surface area contributed by atoms with Crippen LogP contribution < -0.4 is 5.32 Å². The molecule has 7 nitrogen and oxygen atoms in total. The van der Waals surface area contributed by atoms with E-state index in [1.807, 2.05) is 12.3 Å². The number of carbonyl (C=O) groups is 1. The van der Waals surface area contributed by atoms with Gasteiger partial charge in [0.15, 0.2) is 0 Å². The van der Waals surface area contributed by atoms with Crippen molar-refractivity contribution in [1.82, 2.24) is 20.4 Å².